The third kappa shape index (κ3) is 5.59. The van der Waals surface area contributed by atoms with Crippen LogP contribution in [0.4, 0.5) is 0 Å². The van der Waals surface area contributed by atoms with Gasteiger partial charge in [0, 0.05) is 20.5 Å². The summed E-state index contributed by atoms with van der Waals surface area (Å²) in [5, 5.41) is 3.90. The number of hydrogen-bond donors (Lipinski definition) is 1. The van der Waals surface area contributed by atoms with Gasteiger partial charge < -0.3 is 15.0 Å². The van der Waals surface area contributed by atoms with Crippen molar-refractivity contribution < 1.29 is 9.53 Å². The van der Waals surface area contributed by atoms with Gasteiger partial charge in [-0.15, -0.1) is 0 Å². The highest BCUT2D eigenvalue weighted by molar-refractivity contribution is 7.80. The molecular weight excluding hydrogens is 260 g/mol. The second-order valence-electron chi connectivity index (χ2n) is 4.89. The number of ether oxygens (including phenoxy) is 1. The standard InChI is InChI=1S/C14H24N2O2S/c1-4-5-6-7-13(18-11(2)17)9-8-12-10-15-14(19)16(12)3/h8-9,12-13H,4-7,10H2,1-3H3,(H,15,19)/b9-8+. The lowest BCUT2D eigenvalue weighted by atomic mass is 10.1. The molecule has 0 spiro atoms. The van der Waals surface area contributed by atoms with Crippen LogP contribution in [0.2, 0.25) is 0 Å². The first-order valence-corrected chi connectivity index (χ1v) is 7.31. The zero-order chi connectivity index (χ0) is 14.3. The Morgan fingerprint density at radius 1 is 1.63 bits per heavy atom. The number of carbonyl (C=O) groups excluding carboxylic acids is 1. The molecule has 0 radical (unpaired) electrons. The Hall–Kier alpha value is -1.10. The van der Waals surface area contributed by atoms with Gasteiger partial charge in [-0.1, -0.05) is 25.8 Å². The zero-order valence-electron chi connectivity index (χ0n) is 12.0. The summed E-state index contributed by atoms with van der Waals surface area (Å²) in [4.78, 5) is 13.1. The lowest BCUT2D eigenvalue weighted by molar-refractivity contribution is -0.144. The first-order chi connectivity index (χ1) is 9.04. The van der Waals surface area contributed by atoms with Gasteiger partial charge in [-0.3, -0.25) is 4.79 Å². The molecule has 0 aliphatic carbocycles. The van der Waals surface area contributed by atoms with Crippen LogP contribution in [0.3, 0.4) is 0 Å². The van der Waals surface area contributed by atoms with Crippen LogP contribution < -0.4 is 5.32 Å². The van der Waals surface area contributed by atoms with Crippen molar-refractivity contribution in [3.8, 4) is 0 Å². The summed E-state index contributed by atoms with van der Waals surface area (Å²) in [5.74, 6) is -0.223. The summed E-state index contributed by atoms with van der Waals surface area (Å²) in [6.45, 7) is 4.43. The molecule has 4 nitrogen and oxygen atoms in total. The van der Waals surface area contributed by atoms with E-state index in [0.717, 1.165) is 24.5 Å². The maximum atomic E-state index is 11.1. The molecule has 1 heterocycles. The van der Waals surface area contributed by atoms with E-state index in [1.54, 1.807) is 0 Å². The number of esters is 1. The normalized spacial score (nSPS) is 20.7. The van der Waals surface area contributed by atoms with Crippen LogP contribution in [0, 0.1) is 0 Å². The van der Waals surface area contributed by atoms with Gasteiger partial charge in [0.25, 0.3) is 0 Å². The molecular formula is C14H24N2O2S. The smallest absolute Gasteiger partial charge is 0.303 e. The van der Waals surface area contributed by atoms with Crippen molar-refractivity contribution in [1.82, 2.24) is 10.2 Å². The third-order valence-corrected chi connectivity index (χ3v) is 3.67. The highest BCUT2D eigenvalue weighted by Crippen LogP contribution is 2.11. The van der Waals surface area contributed by atoms with Gasteiger partial charge in [0.05, 0.1) is 6.04 Å². The van der Waals surface area contributed by atoms with E-state index in [0.29, 0.717) is 0 Å². The Kier molecular flexibility index (Phi) is 6.84. The van der Waals surface area contributed by atoms with E-state index in [9.17, 15) is 4.79 Å². The number of likely N-dealkylation sites (N-methyl/N-ethyl adjacent to an activating group) is 1. The van der Waals surface area contributed by atoms with Gasteiger partial charge in [0.1, 0.15) is 6.10 Å². The van der Waals surface area contributed by atoms with Gasteiger partial charge in [-0.2, -0.15) is 0 Å². The molecule has 19 heavy (non-hydrogen) atoms. The van der Waals surface area contributed by atoms with Crippen LogP contribution >= 0.6 is 12.2 Å². The minimum Gasteiger partial charge on any atom is -0.458 e. The number of thiocarbonyl (C=S) groups is 1. The molecule has 2 unspecified atom stereocenters. The first kappa shape index (κ1) is 16.0. The van der Waals surface area contributed by atoms with Crippen molar-refractivity contribution in [2.75, 3.05) is 13.6 Å². The van der Waals surface area contributed by atoms with Crippen LogP contribution in [0.1, 0.15) is 39.5 Å². The molecule has 0 saturated carbocycles. The highest BCUT2D eigenvalue weighted by atomic mass is 32.1. The predicted octanol–water partition coefficient (Wildman–Crippen LogP) is 2.24. The minimum atomic E-state index is -0.223. The van der Waals surface area contributed by atoms with Crippen LogP contribution in [-0.4, -0.2) is 41.7 Å². The largest absolute Gasteiger partial charge is 0.458 e. The molecule has 1 aliphatic heterocycles. The maximum absolute atomic E-state index is 11.1. The van der Waals surface area contributed by atoms with Gasteiger partial charge in [-0.05, 0) is 31.1 Å². The molecule has 1 fully saturated rings. The van der Waals surface area contributed by atoms with Gasteiger partial charge >= 0.3 is 5.97 Å². The van der Waals surface area contributed by atoms with Crippen LogP contribution in [-0.2, 0) is 9.53 Å². The van der Waals surface area contributed by atoms with E-state index in [1.165, 1.54) is 19.8 Å². The third-order valence-electron chi connectivity index (χ3n) is 3.24. The lowest BCUT2D eigenvalue weighted by Gasteiger charge is -2.17. The number of nitrogens with one attached hydrogen (secondary N) is 1. The van der Waals surface area contributed by atoms with Crippen LogP contribution in [0.5, 0.6) is 0 Å². The summed E-state index contributed by atoms with van der Waals surface area (Å²) in [7, 11) is 1.97. The van der Waals surface area contributed by atoms with Crippen molar-refractivity contribution in [3.63, 3.8) is 0 Å². The Labute approximate surface area is 121 Å². The first-order valence-electron chi connectivity index (χ1n) is 6.90. The van der Waals surface area contributed by atoms with Gasteiger partial charge in [0.15, 0.2) is 5.11 Å². The summed E-state index contributed by atoms with van der Waals surface area (Å²) < 4.78 is 5.32. The van der Waals surface area contributed by atoms with Crippen molar-refractivity contribution in [1.29, 1.82) is 0 Å². The molecule has 0 aromatic carbocycles. The van der Waals surface area contributed by atoms with E-state index in [2.05, 4.69) is 18.3 Å². The molecule has 0 amide bonds. The quantitative estimate of drug-likeness (QED) is 0.336. The Balaban J connectivity index is 2.50. The number of rotatable bonds is 7. The van der Waals surface area contributed by atoms with Gasteiger partial charge in [-0.25, -0.2) is 0 Å². The summed E-state index contributed by atoms with van der Waals surface area (Å²) in [6.07, 6.45) is 8.25. The minimum absolute atomic E-state index is 0.119. The second-order valence-corrected chi connectivity index (χ2v) is 5.28. The van der Waals surface area contributed by atoms with Crippen LogP contribution in [0.25, 0.3) is 0 Å². The molecule has 0 aromatic rings. The molecule has 1 saturated heterocycles. The van der Waals surface area contributed by atoms with Crippen molar-refractivity contribution in [3.05, 3.63) is 12.2 Å². The number of nitrogens with zero attached hydrogens (tertiary/aromatic N) is 1. The fourth-order valence-electron chi connectivity index (χ4n) is 2.06. The molecule has 0 aromatic heterocycles. The molecule has 1 N–H and O–H groups in total. The predicted molar refractivity (Wildman–Crippen MR) is 81.0 cm³/mol. The van der Waals surface area contributed by atoms with E-state index < -0.39 is 0 Å². The van der Waals surface area contributed by atoms with Crippen molar-refractivity contribution in [2.24, 2.45) is 0 Å². The average Bonchev–Trinajstić information content (AvgIpc) is 2.67. The fraction of sp³-hybridized carbons (Fsp3) is 0.714. The Morgan fingerprint density at radius 3 is 2.89 bits per heavy atom. The molecule has 108 valence electrons. The van der Waals surface area contributed by atoms with E-state index in [1.807, 2.05) is 18.0 Å². The number of unbranched alkanes of at least 4 members (excludes halogenated alkanes) is 2. The maximum Gasteiger partial charge on any atom is 0.303 e. The van der Waals surface area contributed by atoms with E-state index in [4.69, 9.17) is 17.0 Å². The molecule has 2 atom stereocenters. The molecule has 0 bridgehead atoms. The van der Waals surface area contributed by atoms with E-state index >= 15 is 0 Å². The number of carbonyl (C=O) groups is 1. The van der Waals surface area contributed by atoms with Gasteiger partial charge in [0.2, 0.25) is 0 Å². The van der Waals surface area contributed by atoms with Crippen molar-refractivity contribution >= 4 is 23.3 Å². The zero-order valence-corrected chi connectivity index (χ0v) is 12.8. The summed E-state index contributed by atoms with van der Waals surface area (Å²) in [5.41, 5.74) is 0. The molecule has 5 heteroatoms. The summed E-state index contributed by atoms with van der Waals surface area (Å²) >= 11 is 5.15. The fourth-order valence-corrected chi connectivity index (χ4v) is 2.28. The topological polar surface area (TPSA) is 41.6 Å². The van der Waals surface area contributed by atoms with Crippen LogP contribution in [0.15, 0.2) is 12.2 Å². The summed E-state index contributed by atoms with van der Waals surface area (Å²) in [6, 6.07) is 0.247. The number of hydrogen-bond acceptors (Lipinski definition) is 3. The Morgan fingerprint density at radius 2 is 2.37 bits per heavy atom. The lowest BCUT2D eigenvalue weighted by Crippen LogP contribution is -2.28. The SMILES string of the molecule is CCCCCC(/C=C/C1CNC(=S)N1C)OC(C)=O. The monoisotopic (exact) mass is 284 g/mol. The molecule has 1 aliphatic rings. The average molecular weight is 284 g/mol. The Bertz CT molecular complexity index is 344. The van der Waals surface area contributed by atoms with Crippen molar-refractivity contribution in [2.45, 2.75) is 51.7 Å². The molecule has 1 rings (SSSR count). The van der Waals surface area contributed by atoms with E-state index in [-0.39, 0.29) is 18.1 Å². The second kappa shape index (κ2) is 8.15. The highest BCUT2D eigenvalue weighted by Gasteiger charge is 2.22.